The molecule has 0 aliphatic carbocycles. The maximum atomic E-state index is 11.7. The molecule has 0 fully saturated rings. The summed E-state index contributed by atoms with van der Waals surface area (Å²) in [6.07, 6.45) is 1.09. The van der Waals surface area contributed by atoms with Crippen molar-refractivity contribution in [1.82, 2.24) is 0 Å². The van der Waals surface area contributed by atoms with Crippen LogP contribution in [0.25, 0.3) is 0 Å². The summed E-state index contributed by atoms with van der Waals surface area (Å²) >= 11 is 1.63. The zero-order valence-corrected chi connectivity index (χ0v) is 13.9. The molecular weight excluding hydrogens is 324 g/mol. The van der Waals surface area contributed by atoms with Crippen molar-refractivity contribution < 1.29 is 14.4 Å². The van der Waals surface area contributed by atoms with Crippen molar-refractivity contribution >= 4 is 23.4 Å². The first-order valence-electron chi connectivity index (χ1n) is 7.25. The minimum atomic E-state index is -0.798. The van der Waals surface area contributed by atoms with Crippen LogP contribution in [0, 0.1) is 11.3 Å². The van der Waals surface area contributed by atoms with Crippen molar-refractivity contribution in [3.63, 3.8) is 0 Å². The summed E-state index contributed by atoms with van der Waals surface area (Å²) in [7, 11) is 0. The van der Waals surface area contributed by atoms with Crippen molar-refractivity contribution in [2.75, 3.05) is 12.1 Å². The molecule has 0 saturated heterocycles. The van der Waals surface area contributed by atoms with Crippen molar-refractivity contribution in [3.05, 3.63) is 66.4 Å². The van der Waals surface area contributed by atoms with E-state index < -0.39 is 5.97 Å². The summed E-state index contributed by atoms with van der Waals surface area (Å²) < 4.78 is 4.92. The van der Waals surface area contributed by atoms with E-state index >= 15 is 0 Å². The van der Waals surface area contributed by atoms with Crippen LogP contribution in [-0.4, -0.2) is 12.6 Å². The number of rotatable bonds is 7. The van der Waals surface area contributed by atoms with Gasteiger partial charge in [0, 0.05) is 9.79 Å². The number of nitriles is 1. The third kappa shape index (κ3) is 5.38. The molecule has 1 N–H and O–H groups in total. The molecule has 0 heterocycles. The minimum Gasteiger partial charge on any atom is -0.500 e. The Bertz CT molecular complexity index is 737. The van der Waals surface area contributed by atoms with Gasteiger partial charge in [-0.15, -0.1) is 0 Å². The summed E-state index contributed by atoms with van der Waals surface area (Å²) in [5.74, 6) is -0.798. The number of nitrogens with zero attached hydrogens (tertiary/aromatic N) is 1. The van der Waals surface area contributed by atoms with Crippen LogP contribution in [0.15, 0.2) is 76.2 Å². The number of nitrogens with one attached hydrogen (secondary N) is 1. The zero-order chi connectivity index (χ0) is 17.2. The van der Waals surface area contributed by atoms with E-state index in [1.165, 1.54) is 0 Å². The number of ether oxygens (including phenoxy) is 1. The van der Waals surface area contributed by atoms with Crippen LogP contribution in [-0.2, 0) is 14.4 Å². The van der Waals surface area contributed by atoms with Gasteiger partial charge in [-0.05, 0) is 43.3 Å². The van der Waals surface area contributed by atoms with E-state index in [-0.39, 0.29) is 5.57 Å². The first-order chi connectivity index (χ1) is 11.7. The summed E-state index contributed by atoms with van der Waals surface area (Å²) in [6.45, 7) is 2.12. The molecule has 0 amide bonds. The number of anilines is 1. The van der Waals surface area contributed by atoms with Crippen molar-refractivity contribution in [2.24, 2.45) is 0 Å². The molecule has 24 heavy (non-hydrogen) atoms. The highest BCUT2D eigenvalue weighted by molar-refractivity contribution is 7.99. The third-order valence-electron chi connectivity index (χ3n) is 2.80. The quantitative estimate of drug-likeness (QED) is 0.353. The first kappa shape index (κ1) is 17.4. The lowest BCUT2D eigenvalue weighted by molar-refractivity contribution is -0.135. The highest BCUT2D eigenvalue weighted by Gasteiger charge is 2.11. The zero-order valence-electron chi connectivity index (χ0n) is 13.1. The largest absolute Gasteiger partial charge is 0.500 e. The fourth-order valence-electron chi connectivity index (χ4n) is 1.66. The number of hydrogen-bond donors (Lipinski definition) is 1. The van der Waals surface area contributed by atoms with Crippen molar-refractivity contribution in [1.29, 1.82) is 5.26 Å². The van der Waals surface area contributed by atoms with Crippen LogP contribution in [0.3, 0.4) is 0 Å². The molecule has 0 atom stereocenters. The number of benzene rings is 2. The molecule has 0 aromatic heterocycles. The van der Waals surface area contributed by atoms with E-state index in [0.717, 1.165) is 16.1 Å². The smallest absolute Gasteiger partial charge is 0.376 e. The Morgan fingerprint density at radius 2 is 1.83 bits per heavy atom. The lowest BCUT2D eigenvalue weighted by Crippen LogP contribution is -2.12. The second-order valence-corrected chi connectivity index (χ2v) is 5.68. The van der Waals surface area contributed by atoms with Gasteiger partial charge in [0.1, 0.15) is 12.3 Å². The van der Waals surface area contributed by atoms with Crippen LogP contribution in [0.4, 0.5) is 5.69 Å². The van der Waals surface area contributed by atoms with Gasteiger partial charge < -0.3 is 9.57 Å². The topological polar surface area (TPSA) is 71.3 Å². The predicted molar refractivity (Wildman–Crippen MR) is 92.0 cm³/mol. The van der Waals surface area contributed by atoms with Gasteiger partial charge in [-0.1, -0.05) is 30.0 Å². The third-order valence-corrected chi connectivity index (χ3v) is 3.82. The van der Waals surface area contributed by atoms with E-state index in [2.05, 4.69) is 5.48 Å². The Balaban J connectivity index is 1.90. The van der Waals surface area contributed by atoms with Crippen LogP contribution in [0.1, 0.15) is 6.92 Å². The number of carbonyl (C=O) groups excluding carboxylic acids is 1. The second-order valence-electron chi connectivity index (χ2n) is 4.53. The molecule has 0 bridgehead atoms. The predicted octanol–water partition coefficient (Wildman–Crippen LogP) is 4.15. The summed E-state index contributed by atoms with van der Waals surface area (Å²) in [5.41, 5.74) is 2.92. The molecule has 5 nitrogen and oxygen atoms in total. The Morgan fingerprint density at radius 3 is 2.46 bits per heavy atom. The van der Waals surface area contributed by atoms with Crippen LogP contribution in [0.5, 0.6) is 0 Å². The molecule has 2 rings (SSSR count). The molecule has 0 aliphatic heterocycles. The average molecular weight is 340 g/mol. The summed E-state index contributed by atoms with van der Waals surface area (Å²) in [4.78, 5) is 18.8. The SMILES string of the molecule is CCOC=C(C#N)C(=O)ONc1ccc(Sc2ccccc2)cc1. The van der Waals surface area contributed by atoms with E-state index in [1.807, 2.05) is 42.5 Å². The first-order valence-corrected chi connectivity index (χ1v) is 8.06. The van der Waals surface area contributed by atoms with Gasteiger partial charge in [0.25, 0.3) is 0 Å². The van der Waals surface area contributed by atoms with E-state index in [9.17, 15) is 4.79 Å². The molecule has 2 aromatic rings. The van der Waals surface area contributed by atoms with Crippen LogP contribution >= 0.6 is 11.8 Å². The fraction of sp³-hybridized carbons (Fsp3) is 0.111. The lowest BCUT2D eigenvalue weighted by Gasteiger charge is -2.07. The monoisotopic (exact) mass is 340 g/mol. The maximum Gasteiger partial charge on any atom is 0.376 e. The standard InChI is InChI=1S/C18H16N2O3S/c1-2-22-13-14(12-19)18(21)23-20-15-8-10-17(11-9-15)24-16-6-4-3-5-7-16/h3-11,13,20H,2H2,1H3. The molecule has 122 valence electrons. The lowest BCUT2D eigenvalue weighted by atomic mass is 10.3. The van der Waals surface area contributed by atoms with Gasteiger partial charge in [-0.3, -0.25) is 0 Å². The second kappa shape index (κ2) is 9.28. The van der Waals surface area contributed by atoms with E-state index in [0.29, 0.717) is 12.3 Å². The molecular formula is C18H16N2O3S. The van der Waals surface area contributed by atoms with Gasteiger partial charge in [0.15, 0.2) is 5.57 Å². The molecule has 0 unspecified atom stereocenters. The van der Waals surface area contributed by atoms with Crippen molar-refractivity contribution in [3.8, 4) is 6.07 Å². The fourth-order valence-corrected chi connectivity index (χ4v) is 2.50. The van der Waals surface area contributed by atoms with Gasteiger partial charge in [-0.25, -0.2) is 10.3 Å². The molecule has 0 spiro atoms. The van der Waals surface area contributed by atoms with Gasteiger partial charge in [-0.2, -0.15) is 5.26 Å². The van der Waals surface area contributed by atoms with Crippen LogP contribution < -0.4 is 5.48 Å². The van der Waals surface area contributed by atoms with E-state index in [4.69, 9.17) is 14.8 Å². The highest BCUT2D eigenvalue weighted by Crippen LogP contribution is 2.28. The van der Waals surface area contributed by atoms with Gasteiger partial charge in [0.2, 0.25) is 0 Å². The van der Waals surface area contributed by atoms with Gasteiger partial charge >= 0.3 is 5.97 Å². The number of hydrogen-bond acceptors (Lipinski definition) is 6. The average Bonchev–Trinajstić information content (AvgIpc) is 2.62. The minimum absolute atomic E-state index is 0.208. The Labute approximate surface area is 144 Å². The Kier molecular flexibility index (Phi) is 6.74. The molecule has 2 aromatic carbocycles. The normalized spacial score (nSPS) is 10.6. The summed E-state index contributed by atoms with van der Waals surface area (Å²) in [5, 5.41) is 8.87. The number of carbonyl (C=O) groups is 1. The van der Waals surface area contributed by atoms with Gasteiger partial charge in [0.05, 0.1) is 12.3 Å². The molecule has 6 heteroatoms. The molecule has 0 aliphatic rings. The maximum absolute atomic E-state index is 11.7. The summed E-state index contributed by atoms with van der Waals surface area (Å²) in [6, 6.07) is 19.1. The Morgan fingerprint density at radius 1 is 1.17 bits per heavy atom. The Hall–Kier alpha value is -2.91. The van der Waals surface area contributed by atoms with Crippen molar-refractivity contribution in [2.45, 2.75) is 16.7 Å². The molecule has 0 radical (unpaired) electrons. The van der Waals surface area contributed by atoms with E-state index in [1.54, 1.807) is 36.9 Å². The highest BCUT2D eigenvalue weighted by atomic mass is 32.2. The molecule has 0 saturated carbocycles. The van der Waals surface area contributed by atoms with Crippen LogP contribution in [0.2, 0.25) is 0 Å².